The van der Waals surface area contributed by atoms with Crippen LogP contribution in [0.1, 0.15) is 36.2 Å². The minimum Gasteiger partial charge on any atom is -0.378 e. The molecule has 17 heavy (non-hydrogen) atoms. The Morgan fingerprint density at radius 1 is 1.35 bits per heavy atom. The monoisotopic (exact) mass is 255 g/mol. The maximum Gasteiger partial charge on any atom is 0.120 e. The third kappa shape index (κ3) is 4.33. The summed E-state index contributed by atoms with van der Waals surface area (Å²) in [5.74, 6) is 0. The fourth-order valence-electron chi connectivity index (χ4n) is 2.01. The van der Waals surface area contributed by atoms with Gasteiger partial charge in [-0.2, -0.15) is 0 Å². The van der Waals surface area contributed by atoms with Gasteiger partial charge in [0.15, 0.2) is 0 Å². The fraction of sp³-hybridized carbons (Fsp3) is 0.833. The molecule has 96 valence electrons. The fourth-order valence-corrected chi connectivity index (χ4v) is 2.92. The molecular formula is C12H21N3OS. The van der Waals surface area contributed by atoms with Crippen molar-refractivity contribution in [3.63, 3.8) is 0 Å². The molecule has 1 saturated heterocycles. The first-order chi connectivity index (χ1) is 8.38. The molecule has 0 aliphatic carbocycles. The standard InChI is InChI=1S/C12H21N3OS/c1-2-13-7-6-11-14-15-12(17-11)9-10-5-3-4-8-16-10/h10,13H,2-9H2,1H3. The molecule has 0 radical (unpaired) electrons. The second-order valence-corrected chi connectivity index (χ2v) is 5.53. The molecule has 1 aliphatic heterocycles. The number of hydrogen-bond donors (Lipinski definition) is 1. The van der Waals surface area contributed by atoms with Crippen LogP contribution in [0.2, 0.25) is 0 Å². The zero-order valence-corrected chi connectivity index (χ0v) is 11.3. The quantitative estimate of drug-likeness (QED) is 0.787. The smallest absolute Gasteiger partial charge is 0.120 e. The lowest BCUT2D eigenvalue weighted by molar-refractivity contribution is 0.0167. The van der Waals surface area contributed by atoms with E-state index in [1.807, 2.05) is 0 Å². The van der Waals surface area contributed by atoms with Crippen LogP contribution < -0.4 is 5.32 Å². The lowest BCUT2D eigenvalue weighted by atomic mass is 10.1. The highest BCUT2D eigenvalue weighted by atomic mass is 32.1. The molecule has 1 unspecified atom stereocenters. The van der Waals surface area contributed by atoms with Crippen LogP contribution in [0, 0.1) is 0 Å². The van der Waals surface area contributed by atoms with Crippen molar-refractivity contribution >= 4 is 11.3 Å². The average Bonchev–Trinajstić information content (AvgIpc) is 2.79. The minimum absolute atomic E-state index is 0.373. The number of ether oxygens (including phenoxy) is 1. The van der Waals surface area contributed by atoms with Gasteiger partial charge < -0.3 is 10.1 Å². The van der Waals surface area contributed by atoms with Gasteiger partial charge in [-0.15, -0.1) is 21.5 Å². The summed E-state index contributed by atoms with van der Waals surface area (Å²) < 4.78 is 5.72. The van der Waals surface area contributed by atoms with Gasteiger partial charge in [0, 0.05) is 26.0 Å². The molecule has 1 N–H and O–H groups in total. The van der Waals surface area contributed by atoms with Crippen molar-refractivity contribution < 1.29 is 4.74 Å². The molecule has 4 nitrogen and oxygen atoms in total. The van der Waals surface area contributed by atoms with Gasteiger partial charge in [-0.25, -0.2) is 0 Å². The summed E-state index contributed by atoms with van der Waals surface area (Å²) in [6, 6.07) is 0. The van der Waals surface area contributed by atoms with E-state index in [0.717, 1.165) is 42.6 Å². The van der Waals surface area contributed by atoms with E-state index in [4.69, 9.17) is 4.74 Å². The van der Waals surface area contributed by atoms with Gasteiger partial charge in [0.2, 0.25) is 0 Å². The second kappa shape index (κ2) is 7.03. The maximum atomic E-state index is 5.72. The number of hydrogen-bond acceptors (Lipinski definition) is 5. The highest BCUT2D eigenvalue weighted by Crippen LogP contribution is 2.19. The number of likely N-dealkylation sites (N-methyl/N-ethyl adjacent to an activating group) is 1. The molecule has 0 bridgehead atoms. The summed E-state index contributed by atoms with van der Waals surface area (Å²) in [5, 5.41) is 14.0. The Labute approximate surface area is 107 Å². The predicted molar refractivity (Wildman–Crippen MR) is 69.5 cm³/mol. The minimum atomic E-state index is 0.373. The normalized spacial score (nSPS) is 20.6. The van der Waals surface area contributed by atoms with E-state index < -0.39 is 0 Å². The highest BCUT2D eigenvalue weighted by molar-refractivity contribution is 7.11. The first kappa shape index (κ1) is 12.9. The van der Waals surface area contributed by atoms with Crippen LogP contribution in [0.15, 0.2) is 0 Å². The highest BCUT2D eigenvalue weighted by Gasteiger charge is 2.16. The summed E-state index contributed by atoms with van der Waals surface area (Å²) >= 11 is 1.73. The lowest BCUT2D eigenvalue weighted by Gasteiger charge is -2.21. The van der Waals surface area contributed by atoms with Crippen molar-refractivity contribution in [3.8, 4) is 0 Å². The van der Waals surface area contributed by atoms with Gasteiger partial charge in [-0.3, -0.25) is 0 Å². The first-order valence-corrected chi connectivity index (χ1v) is 7.33. The van der Waals surface area contributed by atoms with E-state index in [1.54, 1.807) is 11.3 Å². The topological polar surface area (TPSA) is 47.0 Å². The number of nitrogens with zero attached hydrogens (tertiary/aromatic N) is 2. The summed E-state index contributed by atoms with van der Waals surface area (Å²) in [4.78, 5) is 0. The molecule has 1 aromatic heterocycles. The van der Waals surface area contributed by atoms with Crippen molar-refractivity contribution in [1.29, 1.82) is 0 Å². The van der Waals surface area contributed by atoms with Crippen LogP contribution in [0.5, 0.6) is 0 Å². The molecule has 2 heterocycles. The summed E-state index contributed by atoms with van der Waals surface area (Å²) in [5.41, 5.74) is 0. The van der Waals surface area contributed by atoms with Crippen LogP contribution in [0.25, 0.3) is 0 Å². The van der Waals surface area contributed by atoms with Crippen molar-refractivity contribution in [2.24, 2.45) is 0 Å². The van der Waals surface area contributed by atoms with Crippen molar-refractivity contribution in [2.75, 3.05) is 19.7 Å². The van der Waals surface area contributed by atoms with E-state index >= 15 is 0 Å². The Hall–Kier alpha value is -0.520. The van der Waals surface area contributed by atoms with E-state index in [9.17, 15) is 0 Å². The molecular weight excluding hydrogens is 234 g/mol. The van der Waals surface area contributed by atoms with Gasteiger partial charge >= 0.3 is 0 Å². The van der Waals surface area contributed by atoms with Crippen LogP contribution >= 0.6 is 11.3 Å². The van der Waals surface area contributed by atoms with Crippen molar-refractivity contribution in [1.82, 2.24) is 15.5 Å². The van der Waals surface area contributed by atoms with Gasteiger partial charge in [-0.05, 0) is 25.8 Å². The molecule has 1 aromatic rings. The van der Waals surface area contributed by atoms with Gasteiger partial charge in [0.25, 0.3) is 0 Å². The lowest BCUT2D eigenvalue weighted by Crippen LogP contribution is -2.21. The molecule has 5 heteroatoms. The Morgan fingerprint density at radius 3 is 3.00 bits per heavy atom. The van der Waals surface area contributed by atoms with E-state index in [2.05, 4.69) is 22.4 Å². The van der Waals surface area contributed by atoms with Gasteiger partial charge in [0.05, 0.1) is 6.10 Å². The maximum absolute atomic E-state index is 5.72. The van der Waals surface area contributed by atoms with Crippen LogP contribution in [-0.4, -0.2) is 36.0 Å². The van der Waals surface area contributed by atoms with E-state index in [-0.39, 0.29) is 0 Å². The molecule has 1 aliphatic rings. The summed E-state index contributed by atoms with van der Waals surface area (Å²) in [6.07, 6.45) is 5.97. The zero-order valence-electron chi connectivity index (χ0n) is 10.4. The Kier molecular flexibility index (Phi) is 5.35. The van der Waals surface area contributed by atoms with Gasteiger partial charge in [0.1, 0.15) is 10.0 Å². The van der Waals surface area contributed by atoms with Crippen LogP contribution in [0.4, 0.5) is 0 Å². The molecule has 0 aromatic carbocycles. The first-order valence-electron chi connectivity index (χ1n) is 6.52. The van der Waals surface area contributed by atoms with E-state index in [0.29, 0.717) is 6.10 Å². The largest absolute Gasteiger partial charge is 0.378 e. The molecule has 0 spiro atoms. The van der Waals surface area contributed by atoms with Crippen LogP contribution in [-0.2, 0) is 17.6 Å². The Bertz CT molecular complexity index is 323. The number of rotatable bonds is 6. The Balaban J connectivity index is 1.76. The zero-order chi connectivity index (χ0) is 11.9. The average molecular weight is 255 g/mol. The Morgan fingerprint density at radius 2 is 2.24 bits per heavy atom. The second-order valence-electron chi connectivity index (χ2n) is 4.39. The third-order valence-electron chi connectivity index (χ3n) is 2.95. The van der Waals surface area contributed by atoms with Gasteiger partial charge in [-0.1, -0.05) is 6.92 Å². The molecule has 0 saturated carbocycles. The van der Waals surface area contributed by atoms with Crippen LogP contribution in [0.3, 0.4) is 0 Å². The summed E-state index contributed by atoms with van der Waals surface area (Å²) in [7, 11) is 0. The van der Waals surface area contributed by atoms with E-state index in [1.165, 1.54) is 19.3 Å². The predicted octanol–water partition coefficient (Wildman–Crippen LogP) is 1.80. The molecule has 1 fully saturated rings. The van der Waals surface area contributed by atoms with Crippen molar-refractivity contribution in [2.45, 2.75) is 45.1 Å². The molecule has 1 atom stereocenters. The SMILES string of the molecule is CCNCCc1nnc(CC2CCCCO2)s1. The molecule has 2 rings (SSSR count). The van der Waals surface area contributed by atoms with Crippen molar-refractivity contribution in [3.05, 3.63) is 10.0 Å². The summed E-state index contributed by atoms with van der Waals surface area (Å²) in [6.45, 7) is 5.04. The number of aromatic nitrogens is 2. The third-order valence-corrected chi connectivity index (χ3v) is 3.96. The number of nitrogens with one attached hydrogen (secondary N) is 1. The molecule has 0 amide bonds.